The minimum Gasteiger partial charge on any atom is -0.388 e. The van der Waals surface area contributed by atoms with Crippen LogP contribution in [-0.2, 0) is 19.0 Å². The molecule has 8 rings (SSSR count). The summed E-state index contributed by atoms with van der Waals surface area (Å²) in [4.78, 5) is 15.3. The summed E-state index contributed by atoms with van der Waals surface area (Å²) in [7, 11) is 0. The van der Waals surface area contributed by atoms with E-state index in [1.54, 1.807) is 13.8 Å². The molecule has 0 bridgehead atoms. The first-order chi connectivity index (χ1) is 23.5. The molecule has 5 saturated carbocycles. The van der Waals surface area contributed by atoms with E-state index >= 15 is 0 Å². The van der Waals surface area contributed by atoms with Crippen molar-refractivity contribution >= 4 is 5.91 Å². The van der Waals surface area contributed by atoms with E-state index in [2.05, 4.69) is 33.0 Å². The van der Waals surface area contributed by atoms with Gasteiger partial charge in [-0.05, 0) is 142 Å². The van der Waals surface area contributed by atoms with Crippen LogP contribution in [0.5, 0.6) is 0 Å². The number of piperidine rings is 1. The minimum atomic E-state index is -1.29. The predicted molar refractivity (Wildman–Crippen MR) is 189 cm³/mol. The average molecular weight is 702 g/mol. The van der Waals surface area contributed by atoms with Gasteiger partial charge in [0.15, 0.2) is 6.29 Å². The second-order valence-electron chi connectivity index (χ2n) is 20.0. The molecule has 8 fully saturated rings. The molecule has 0 radical (unpaired) electrons. The topological polar surface area (TPSA) is 147 Å². The molecule has 50 heavy (non-hydrogen) atoms. The molecular formula is C40H67N3O7. The SMILES string of the molecule is C[C@@H]1CC([C@H](O)C(C)(C)O)OC2[C@H]1[C@@]1(C)CCC34CC35CC[C@H](O[C@H]3CN(C(=O)CC6CCNCC6)CCO3)C(C)(C)[C@@H]5CCC4[C@]1(N)[C@H]2O. The number of nitrogens with two attached hydrogens (primary N) is 1. The molecule has 8 aliphatic rings. The molecule has 0 aromatic heterocycles. The van der Waals surface area contributed by atoms with Crippen molar-refractivity contribution in [2.75, 3.05) is 32.8 Å². The molecule has 10 nitrogen and oxygen atoms in total. The zero-order chi connectivity index (χ0) is 35.6. The quantitative estimate of drug-likeness (QED) is 0.281. The number of aliphatic hydroxyl groups is 3. The lowest BCUT2D eigenvalue weighted by Crippen LogP contribution is -2.70. The van der Waals surface area contributed by atoms with Crippen LogP contribution in [-0.4, -0.2) is 107 Å². The maximum Gasteiger partial charge on any atom is 0.223 e. The molecule has 1 amide bonds. The number of hydrogen-bond donors (Lipinski definition) is 5. The normalized spacial score (nSPS) is 50.7. The highest BCUT2D eigenvalue weighted by Gasteiger charge is 2.85. The number of nitrogens with one attached hydrogen (secondary N) is 1. The Bertz CT molecular complexity index is 1320. The molecule has 3 aliphatic heterocycles. The molecular weight excluding hydrogens is 634 g/mol. The molecule has 0 aromatic carbocycles. The Kier molecular flexibility index (Phi) is 8.73. The Balaban J connectivity index is 0.974. The van der Waals surface area contributed by atoms with Gasteiger partial charge in [0.1, 0.15) is 6.10 Å². The Morgan fingerprint density at radius 3 is 2.48 bits per heavy atom. The number of fused-ring (bicyclic) bond motifs is 4. The van der Waals surface area contributed by atoms with Gasteiger partial charge in [0, 0.05) is 13.0 Å². The number of aliphatic hydroxyl groups excluding tert-OH is 2. The monoisotopic (exact) mass is 701 g/mol. The van der Waals surface area contributed by atoms with Crippen molar-refractivity contribution in [3.8, 4) is 0 Å². The lowest BCUT2D eigenvalue weighted by atomic mass is 9.43. The summed E-state index contributed by atoms with van der Waals surface area (Å²) in [6.07, 6.45) is 7.72. The highest BCUT2D eigenvalue weighted by atomic mass is 16.7. The molecule has 5 unspecified atom stereocenters. The lowest BCUT2D eigenvalue weighted by Gasteiger charge is -2.63. The van der Waals surface area contributed by atoms with E-state index in [0.29, 0.717) is 44.4 Å². The van der Waals surface area contributed by atoms with Crippen LogP contribution in [0.1, 0.15) is 112 Å². The smallest absolute Gasteiger partial charge is 0.223 e. The van der Waals surface area contributed by atoms with Gasteiger partial charge in [0.25, 0.3) is 0 Å². The highest BCUT2D eigenvalue weighted by Crippen LogP contribution is 2.87. The van der Waals surface area contributed by atoms with Gasteiger partial charge in [0.05, 0.1) is 48.7 Å². The second-order valence-corrected chi connectivity index (χ2v) is 20.0. The number of morpholine rings is 1. The van der Waals surface area contributed by atoms with Crippen molar-refractivity contribution in [1.29, 1.82) is 0 Å². The van der Waals surface area contributed by atoms with Gasteiger partial charge in [-0.3, -0.25) is 4.79 Å². The third kappa shape index (κ3) is 5.04. The van der Waals surface area contributed by atoms with Crippen LogP contribution in [0.3, 0.4) is 0 Å². The van der Waals surface area contributed by atoms with Crippen molar-refractivity contribution in [3.63, 3.8) is 0 Å². The van der Waals surface area contributed by atoms with Crippen molar-refractivity contribution < 1.29 is 34.3 Å². The van der Waals surface area contributed by atoms with Crippen molar-refractivity contribution in [3.05, 3.63) is 0 Å². The zero-order valence-corrected chi connectivity index (χ0v) is 31.7. The largest absolute Gasteiger partial charge is 0.388 e. The Morgan fingerprint density at radius 1 is 1.06 bits per heavy atom. The van der Waals surface area contributed by atoms with Gasteiger partial charge >= 0.3 is 0 Å². The Labute approximate surface area is 299 Å². The fourth-order valence-corrected chi connectivity index (χ4v) is 14.4. The summed E-state index contributed by atoms with van der Waals surface area (Å²) in [6, 6.07) is 0. The minimum absolute atomic E-state index is 0.0552. The number of ether oxygens (including phenoxy) is 3. The van der Waals surface area contributed by atoms with E-state index in [1.807, 2.05) is 4.90 Å². The van der Waals surface area contributed by atoms with Gasteiger partial charge in [-0.2, -0.15) is 0 Å². The fraction of sp³-hybridized carbons (Fsp3) is 0.975. The van der Waals surface area contributed by atoms with E-state index < -0.39 is 35.6 Å². The first-order valence-electron chi connectivity index (χ1n) is 20.3. The lowest BCUT2D eigenvalue weighted by molar-refractivity contribution is -0.245. The van der Waals surface area contributed by atoms with Crippen LogP contribution in [0, 0.1) is 51.2 Å². The van der Waals surface area contributed by atoms with E-state index in [0.717, 1.165) is 64.5 Å². The third-order valence-corrected chi connectivity index (χ3v) is 17.0. The van der Waals surface area contributed by atoms with Gasteiger partial charge in [0.2, 0.25) is 5.91 Å². The van der Waals surface area contributed by atoms with Crippen LogP contribution >= 0.6 is 0 Å². The molecule has 0 aromatic rings. The van der Waals surface area contributed by atoms with Crippen molar-refractivity contribution in [1.82, 2.24) is 10.2 Å². The van der Waals surface area contributed by atoms with Gasteiger partial charge in [-0.1, -0.05) is 27.7 Å². The van der Waals surface area contributed by atoms with E-state index in [9.17, 15) is 20.1 Å². The number of amides is 1. The summed E-state index contributed by atoms with van der Waals surface area (Å²) in [5.74, 6) is 1.75. The molecule has 284 valence electrons. The van der Waals surface area contributed by atoms with E-state index in [4.69, 9.17) is 19.9 Å². The Hall–Kier alpha value is -0.850. The fourth-order valence-electron chi connectivity index (χ4n) is 14.4. The van der Waals surface area contributed by atoms with Crippen LogP contribution in [0.4, 0.5) is 0 Å². The van der Waals surface area contributed by atoms with Crippen LogP contribution in [0.2, 0.25) is 0 Å². The molecule has 2 spiro atoms. The predicted octanol–water partition coefficient (Wildman–Crippen LogP) is 3.58. The van der Waals surface area contributed by atoms with Gasteiger partial charge in [-0.15, -0.1) is 0 Å². The molecule has 5 aliphatic carbocycles. The molecule has 3 saturated heterocycles. The standard InChI is InChI=1S/C40H67N3O7/c1-23-19-25(33(45)36(4,5)47)49-32-31(23)37(6)13-14-39-22-38(39)12-9-28(35(2,3)26(38)7-8-27(39)40(37,41)34(32)46)50-30-21-43(17-18-48-30)29(44)20-24-10-15-42-16-11-24/h23-28,30-34,42,45-47H,7-22,41H2,1-6H3/t23-,25?,26+,27?,28+,30+,31+,32?,33+,34+,37-,38?,39?,40+/m1/s1. The second kappa shape index (κ2) is 12.1. The summed E-state index contributed by atoms with van der Waals surface area (Å²) in [5, 5.41) is 37.4. The number of carbonyl (C=O) groups is 1. The van der Waals surface area contributed by atoms with Crippen LogP contribution < -0.4 is 11.1 Å². The average Bonchev–Trinajstić information content (AvgIpc) is 3.70. The van der Waals surface area contributed by atoms with Gasteiger partial charge in [-0.25, -0.2) is 0 Å². The summed E-state index contributed by atoms with van der Waals surface area (Å²) in [6.45, 7) is 16.3. The van der Waals surface area contributed by atoms with Gasteiger partial charge < -0.3 is 45.5 Å². The van der Waals surface area contributed by atoms with Crippen molar-refractivity contribution in [2.45, 2.75) is 160 Å². The number of rotatable bonds is 6. The Morgan fingerprint density at radius 2 is 1.76 bits per heavy atom. The number of hydrogen-bond acceptors (Lipinski definition) is 9. The first kappa shape index (κ1) is 36.1. The molecule has 14 atom stereocenters. The summed E-state index contributed by atoms with van der Waals surface area (Å²) in [5.41, 5.74) is 5.70. The molecule has 3 heterocycles. The maximum atomic E-state index is 13.3. The zero-order valence-electron chi connectivity index (χ0n) is 31.7. The summed E-state index contributed by atoms with van der Waals surface area (Å²) >= 11 is 0. The number of carbonyl (C=O) groups excluding carboxylic acids is 1. The first-order valence-corrected chi connectivity index (χ1v) is 20.3. The summed E-state index contributed by atoms with van der Waals surface area (Å²) < 4.78 is 19.7. The van der Waals surface area contributed by atoms with E-state index in [-0.39, 0.29) is 57.7 Å². The number of nitrogens with zero attached hydrogens (tertiary/aromatic N) is 1. The third-order valence-electron chi connectivity index (χ3n) is 17.0. The van der Waals surface area contributed by atoms with Crippen LogP contribution in [0.25, 0.3) is 0 Å². The molecule has 10 heteroatoms. The maximum absolute atomic E-state index is 13.3. The van der Waals surface area contributed by atoms with Crippen molar-refractivity contribution in [2.24, 2.45) is 57.0 Å². The molecule has 6 N–H and O–H groups in total. The van der Waals surface area contributed by atoms with Crippen LogP contribution in [0.15, 0.2) is 0 Å². The highest BCUT2D eigenvalue weighted by molar-refractivity contribution is 5.76. The van der Waals surface area contributed by atoms with E-state index in [1.165, 1.54) is 6.42 Å².